The van der Waals surface area contributed by atoms with Crippen LogP contribution in [0.15, 0.2) is 30.3 Å². The van der Waals surface area contributed by atoms with Crippen LogP contribution in [0.25, 0.3) is 0 Å². The molecule has 1 aromatic carbocycles. The SMILES string of the molecule is Cc1ccc(C(C)NC(=O)c2ccc(C)c(O)c2)s1. The summed E-state index contributed by atoms with van der Waals surface area (Å²) in [6, 6.07) is 8.99. The highest BCUT2D eigenvalue weighted by Gasteiger charge is 2.13. The number of aryl methyl sites for hydroxylation is 2. The summed E-state index contributed by atoms with van der Waals surface area (Å²) >= 11 is 1.67. The third-order valence-corrected chi connectivity index (χ3v) is 4.19. The smallest absolute Gasteiger partial charge is 0.251 e. The number of thiophene rings is 1. The lowest BCUT2D eigenvalue weighted by atomic mass is 10.1. The van der Waals surface area contributed by atoms with E-state index in [9.17, 15) is 9.90 Å². The summed E-state index contributed by atoms with van der Waals surface area (Å²) in [5, 5.41) is 12.6. The highest BCUT2D eigenvalue weighted by molar-refractivity contribution is 7.12. The van der Waals surface area contributed by atoms with Crippen molar-refractivity contribution in [3.8, 4) is 5.75 Å². The van der Waals surface area contributed by atoms with Crippen molar-refractivity contribution >= 4 is 17.2 Å². The van der Waals surface area contributed by atoms with Crippen LogP contribution >= 0.6 is 11.3 Å². The van der Waals surface area contributed by atoms with E-state index in [4.69, 9.17) is 0 Å². The molecule has 0 saturated heterocycles. The van der Waals surface area contributed by atoms with Crippen LogP contribution in [0.5, 0.6) is 5.75 Å². The number of phenolic OH excluding ortho intramolecular Hbond substituents is 1. The zero-order valence-corrected chi connectivity index (χ0v) is 12.0. The number of amides is 1. The third kappa shape index (κ3) is 3.15. The molecule has 0 fully saturated rings. The number of hydrogen-bond donors (Lipinski definition) is 2. The summed E-state index contributed by atoms with van der Waals surface area (Å²) in [4.78, 5) is 14.4. The summed E-state index contributed by atoms with van der Waals surface area (Å²) in [7, 11) is 0. The standard InChI is InChI=1S/C15H17NO2S/c1-9-4-6-12(8-13(9)17)15(18)16-11(3)14-7-5-10(2)19-14/h4-8,11,17H,1-3H3,(H,16,18). The summed E-state index contributed by atoms with van der Waals surface area (Å²) in [6.07, 6.45) is 0. The van der Waals surface area contributed by atoms with Gasteiger partial charge in [-0.2, -0.15) is 0 Å². The Morgan fingerprint density at radius 2 is 2.00 bits per heavy atom. The highest BCUT2D eigenvalue weighted by Crippen LogP contribution is 2.23. The molecule has 0 spiro atoms. The van der Waals surface area contributed by atoms with Gasteiger partial charge in [-0.05, 0) is 50.6 Å². The van der Waals surface area contributed by atoms with E-state index in [0.717, 1.165) is 10.4 Å². The molecule has 0 bridgehead atoms. The van der Waals surface area contributed by atoms with Crippen LogP contribution in [0.1, 0.15) is 38.6 Å². The molecule has 2 aromatic rings. The lowest BCUT2D eigenvalue weighted by Crippen LogP contribution is -2.26. The van der Waals surface area contributed by atoms with Crippen LogP contribution in [0, 0.1) is 13.8 Å². The first-order chi connectivity index (χ1) is 8.97. The monoisotopic (exact) mass is 275 g/mol. The Morgan fingerprint density at radius 3 is 2.58 bits per heavy atom. The average Bonchev–Trinajstić information content (AvgIpc) is 2.79. The first kappa shape index (κ1) is 13.6. The van der Waals surface area contributed by atoms with Gasteiger partial charge in [0, 0.05) is 15.3 Å². The molecule has 0 aliphatic heterocycles. The van der Waals surface area contributed by atoms with Gasteiger partial charge in [-0.1, -0.05) is 6.07 Å². The van der Waals surface area contributed by atoms with Crippen molar-refractivity contribution in [2.24, 2.45) is 0 Å². The maximum atomic E-state index is 12.1. The molecule has 2 N–H and O–H groups in total. The van der Waals surface area contributed by atoms with Gasteiger partial charge in [-0.3, -0.25) is 4.79 Å². The zero-order chi connectivity index (χ0) is 14.0. The fraction of sp³-hybridized carbons (Fsp3) is 0.267. The largest absolute Gasteiger partial charge is 0.508 e. The van der Waals surface area contributed by atoms with Crippen LogP contribution in [-0.2, 0) is 0 Å². The first-order valence-corrected chi connectivity index (χ1v) is 6.96. The van der Waals surface area contributed by atoms with Gasteiger partial charge in [0.25, 0.3) is 5.91 Å². The van der Waals surface area contributed by atoms with Crippen LogP contribution in [0.3, 0.4) is 0 Å². The van der Waals surface area contributed by atoms with Crippen LogP contribution in [-0.4, -0.2) is 11.0 Å². The Bertz CT molecular complexity index is 604. The van der Waals surface area contributed by atoms with Crippen molar-refractivity contribution in [2.75, 3.05) is 0 Å². The molecule has 1 aromatic heterocycles. The Labute approximate surface area is 116 Å². The van der Waals surface area contributed by atoms with E-state index in [-0.39, 0.29) is 17.7 Å². The Hall–Kier alpha value is -1.81. The van der Waals surface area contributed by atoms with Crippen molar-refractivity contribution in [3.05, 3.63) is 51.2 Å². The minimum absolute atomic E-state index is 0.0327. The molecular weight excluding hydrogens is 258 g/mol. The second-order valence-corrected chi connectivity index (χ2v) is 5.96. The lowest BCUT2D eigenvalue weighted by Gasteiger charge is -2.12. The number of phenols is 1. The molecule has 0 saturated carbocycles. The van der Waals surface area contributed by atoms with Gasteiger partial charge in [0.1, 0.15) is 5.75 Å². The van der Waals surface area contributed by atoms with E-state index in [1.165, 1.54) is 10.9 Å². The topological polar surface area (TPSA) is 49.3 Å². The van der Waals surface area contributed by atoms with Gasteiger partial charge in [0.15, 0.2) is 0 Å². The van der Waals surface area contributed by atoms with E-state index in [2.05, 4.69) is 5.32 Å². The number of rotatable bonds is 3. The normalized spacial score (nSPS) is 12.2. The Balaban J connectivity index is 2.10. The van der Waals surface area contributed by atoms with Gasteiger partial charge >= 0.3 is 0 Å². The maximum Gasteiger partial charge on any atom is 0.251 e. The number of aromatic hydroxyl groups is 1. The highest BCUT2D eigenvalue weighted by atomic mass is 32.1. The summed E-state index contributed by atoms with van der Waals surface area (Å²) < 4.78 is 0. The van der Waals surface area contributed by atoms with Crippen molar-refractivity contribution in [1.82, 2.24) is 5.32 Å². The fourth-order valence-corrected chi connectivity index (χ4v) is 2.67. The molecular formula is C15H17NO2S. The quantitative estimate of drug-likeness (QED) is 0.899. The van der Waals surface area contributed by atoms with E-state index in [0.29, 0.717) is 5.56 Å². The molecule has 1 atom stereocenters. The minimum atomic E-state index is -0.172. The molecule has 2 rings (SSSR count). The molecule has 0 radical (unpaired) electrons. The Morgan fingerprint density at radius 1 is 1.26 bits per heavy atom. The molecule has 1 amide bonds. The van der Waals surface area contributed by atoms with E-state index < -0.39 is 0 Å². The third-order valence-electron chi connectivity index (χ3n) is 3.01. The average molecular weight is 275 g/mol. The van der Waals surface area contributed by atoms with Gasteiger partial charge in [-0.25, -0.2) is 0 Å². The molecule has 100 valence electrons. The summed E-state index contributed by atoms with van der Waals surface area (Å²) in [5.74, 6) is -0.0267. The fourth-order valence-electron chi connectivity index (χ4n) is 1.79. The Kier molecular flexibility index (Phi) is 3.90. The van der Waals surface area contributed by atoms with Crippen LogP contribution in [0.4, 0.5) is 0 Å². The number of carbonyl (C=O) groups excluding carboxylic acids is 1. The predicted molar refractivity (Wildman–Crippen MR) is 77.8 cm³/mol. The lowest BCUT2D eigenvalue weighted by molar-refractivity contribution is 0.0940. The molecule has 0 aliphatic rings. The molecule has 1 heterocycles. The zero-order valence-electron chi connectivity index (χ0n) is 11.2. The molecule has 3 nitrogen and oxygen atoms in total. The number of hydrogen-bond acceptors (Lipinski definition) is 3. The van der Waals surface area contributed by atoms with Gasteiger partial charge < -0.3 is 10.4 Å². The number of benzene rings is 1. The number of nitrogens with one attached hydrogen (secondary N) is 1. The molecule has 4 heteroatoms. The van der Waals surface area contributed by atoms with Gasteiger partial charge in [0.2, 0.25) is 0 Å². The van der Waals surface area contributed by atoms with E-state index in [1.54, 1.807) is 30.4 Å². The summed E-state index contributed by atoms with van der Waals surface area (Å²) in [5.41, 5.74) is 1.24. The minimum Gasteiger partial charge on any atom is -0.508 e. The molecule has 1 unspecified atom stereocenters. The molecule has 19 heavy (non-hydrogen) atoms. The first-order valence-electron chi connectivity index (χ1n) is 6.14. The second-order valence-electron chi connectivity index (χ2n) is 4.64. The molecule has 0 aliphatic carbocycles. The predicted octanol–water partition coefficient (Wildman–Crippen LogP) is 3.56. The van der Waals surface area contributed by atoms with E-state index in [1.807, 2.05) is 26.0 Å². The van der Waals surface area contributed by atoms with Crippen molar-refractivity contribution < 1.29 is 9.90 Å². The van der Waals surface area contributed by atoms with Gasteiger partial charge in [-0.15, -0.1) is 11.3 Å². The summed E-state index contributed by atoms with van der Waals surface area (Å²) in [6.45, 7) is 5.80. The van der Waals surface area contributed by atoms with Crippen LogP contribution < -0.4 is 5.32 Å². The van der Waals surface area contributed by atoms with Crippen molar-refractivity contribution in [2.45, 2.75) is 26.8 Å². The second kappa shape index (κ2) is 5.45. The maximum absolute atomic E-state index is 12.1. The van der Waals surface area contributed by atoms with Crippen molar-refractivity contribution in [3.63, 3.8) is 0 Å². The van der Waals surface area contributed by atoms with Crippen LogP contribution in [0.2, 0.25) is 0 Å². The van der Waals surface area contributed by atoms with Gasteiger partial charge in [0.05, 0.1) is 6.04 Å². The number of carbonyl (C=O) groups is 1. The van der Waals surface area contributed by atoms with Crippen molar-refractivity contribution in [1.29, 1.82) is 0 Å². The van der Waals surface area contributed by atoms with E-state index >= 15 is 0 Å².